The zero-order valence-electron chi connectivity index (χ0n) is 20.9. The Hall–Kier alpha value is -2.41. The summed E-state index contributed by atoms with van der Waals surface area (Å²) in [6.45, 7) is -1.65. The number of hydrogen-bond acceptors (Lipinski definition) is 15. The molecule has 224 valence electrons. The molecule has 0 bridgehead atoms. The minimum absolute atomic E-state index is 0.0666. The van der Waals surface area contributed by atoms with Gasteiger partial charge in [0, 0.05) is 0 Å². The van der Waals surface area contributed by atoms with Gasteiger partial charge in [-0.2, -0.15) is 4.31 Å². The predicted octanol–water partition coefficient (Wildman–Crippen LogP) is -0.860. The molecule has 1 aromatic carbocycles. The molecule has 18 nitrogen and oxygen atoms in total. The van der Waals surface area contributed by atoms with Gasteiger partial charge in [-0.3, -0.25) is 13.6 Å². The number of anilines is 1. The molecule has 2 aromatic heterocycles. The third-order valence-electron chi connectivity index (χ3n) is 6.50. The molecule has 20 heteroatoms. The number of benzene rings is 1. The molecule has 0 spiro atoms. The van der Waals surface area contributed by atoms with E-state index < -0.39 is 77.8 Å². The Morgan fingerprint density at radius 3 is 2.12 bits per heavy atom. The lowest BCUT2D eigenvalue weighted by atomic mass is 10.0. The number of fused-ring (bicyclic) bond motifs is 1. The highest BCUT2D eigenvalue weighted by molar-refractivity contribution is 7.61. The molecular formula is C21H27N5O13P2. The van der Waals surface area contributed by atoms with Gasteiger partial charge in [0.1, 0.15) is 54.6 Å². The highest BCUT2D eigenvalue weighted by Gasteiger charge is 2.47. The maximum atomic E-state index is 12.4. The minimum Gasteiger partial charge on any atom is -0.387 e. The van der Waals surface area contributed by atoms with Crippen molar-refractivity contribution in [2.75, 3.05) is 18.9 Å². The number of nitrogens with two attached hydrogens (primary N) is 1. The van der Waals surface area contributed by atoms with E-state index >= 15 is 0 Å². The maximum absolute atomic E-state index is 12.4. The van der Waals surface area contributed by atoms with Gasteiger partial charge < -0.3 is 45.4 Å². The number of phosphoric acid groups is 2. The molecule has 8 N–H and O–H groups in total. The van der Waals surface area contributed by atoms with Crippen molar-refractivity contribution in [3.05, 3.63) is 48.5 Å². The third-order valence-corrected chi connectivity index (χ3v) is 9.10. The van der Waals surface area contributed by atoms with E-state index in [1.165, 1.54) is 10.9 Å². The van der Waals surface area contributed by atoms with E-state index in [0.29, 0.717) is 5.56 Å². The van der Waals surface area contributed by atoms with Crippen molar-refractivity contribution >= 4 is 32.6 Å². The topological polar surface area (TPSA) is 271 Å². The summed E-state index contributed by atoms with van der Waals surface area (Å²) < 4.78 is 50.8. The third kappa shape index (κ3) is 6.35. The van der Waals surface area contributed by atoms with Crippen molar-refractivity contribution in [1.82, 2.24) is 19.5 Å². The van der Waals surface area contributed by atoms with Crippen LogP contribution in [0.2, 0.25) is 0 Å². The standard InChI is InChI=1S/C21H27N5O13P2/c22-19-13-20(24-8-23-19)26(9-25-13)21-17(30)15(28)12(38-21)7-36-41(33,34)39-40(31,32)35-6-11-14(27)16(29)18(37-11)10-4-2-1-3-5-10/h1-5,8-9,11-12,14-18,21,27-30H,6-7H2,(H,31,32)(H,33,34)(H2,22,23,24). The van der Waals surface area contributed by atoms with Crippen molar-refractivity contribution in [3.63, 3.8) is 0 Å². The van der Waals surface area contributed by atoms with Crippen molar-refractivity contribution in [3.8, 4) is 0 Å². The van der Waals surface area contributed by atoms with Crippen LogP contribution in [-0.2, 0) is 32.0 Å². The Morgan fingerprint density at radius 2 is 1.46 bits per heavy atom. The summed E-state index contributed by atoms with van der Waals surface area (Å²) in [4.78, 5) is 31.8. The number of aliphatic hydroxyl groups excluding tert-OH is 4. The number of ether oxygens (including phenoxy) is 2. The average Bonchev–Trinajstić information content (AvgIpc) is 3.57. The first kappa shape index (κ1) is 30.1. The molecule has 4 heterocycles. The van der Waals surface area contributed by atoms with Gasteiger partial charge in [-0.15, -0.1) is 0 Å². The smallest absolute Gasteiger partial charge is 0.387 e. The summed E-state index contributed by atoms with van der Waals surface area (Å²) in [6, 6.07) is 8.42. The number of aromatic nitrogens is 4. The van der Waals surface area contributed by atoms with E-state index in [0.717, 1.165) is 6.33 Å². The van der Waals surface area contributed by atoms with E-state index in [4.69, 9.17) is 24.3 Å². The quantitative estimate of drug-likeness (QED) is 0.136. The summed E-state index contributed by atoms with van der Waals surface area (Å²) in [7, 11) is -10.6. The highest BCUT2D eigenvalue weighted by atomic mass is 31.3. The van der Waals surface area contributed by atoms with E-state index in [-0.39, 0.29) is 17.0 Å². The van der Waals surface area contributed by atoms with Crippen LogP contribution in [0, 0.1) is 0 Å². The van der Waals surface area contributed by atoms with Crippen LogP contribution in [0.1, 0.15) is 17.9 Å². The molecule has 5 rings (SSSR count). The Kier molecular flexibility index (Phi) is 8.58. The van der Waals surface area contributed by atoms with Gasteiger partial charge in [0.2, 0.25) is 0 Å². The van der Waals surface area contributed by atoms with Crippen LogP contribution >= 0.6 is 15.6 Å². The Labute approximate surface area is 231 Å². The van der Waals surface area contributed by atoms with Gasteiger partial charge in [-0.05, 0) is 5.56 Å². The number of rotatable bonds is 10. The van der Waals surface area contributed by atoms with Gasteiger partial charge in [0.25, 0.3) is 0 Å². The lowest BCUT2D eigenvalue weighted by molar-refractivity contribution is -0.0507. The second-order valence-corrected chi connectivity index (χ2v) is 12.3. The molecular weight excluding hydrogens is 592 g/mol. The number of imidazole rings is 1. The molecule has 2 saturated heterocycles. The van der Waals surface area contributed by atoms with Crippen LogP contribution in [0.3, 0.4) is 0 Å². The second-order valence-electron chi connectivity index (χ2n) is 9.23. The minimum atomic E-state index is -5.31. The van der Waals surface area contributed by atoms with E-state index in [1.54, 1.807) is 30.3 Å². The molecule has 0 amide bonds. The first-order chi connectivity index (χ1) is 19.4. The van der Waals surface area contributed by atoms with Crippen molar-refractivity contribution < 1.29 is 62.2 Å². The molecule has 0 aliphatic carbocycles. The first-order valence-electron chi connectivity index (χ1n) is 12.0. The van der Waals surface area contributed by atoms with E-state index in [1.807, 2.05) is 0 Å². The van der Waals surface area contributed by atoms with Crippen molar-refractivity contribution in [2.24, 2.45) is 0 Å². The van der Waals surface area contributed by atoms with Crippen molar-refractivity contribution in [1.29, 1.82) is 0 Å². The number of hydrogen-bond donors (Lipinski definition) is 7. The Morgan fingerprint density at radius 1 is 0.854 bits per heavy atom. The molecule has 2 fully saturated rings. The zero-order valence-corrected chi connectivity index (χ0v) is 22.7. The zero-order chi connectivity index (χ0) is 29.5. The highest BCUT2D eigenvalue weighted by Crippen LogP contribution is 2.60. The predicted molar refractivity (Wildman–Crippen MR) is 134 cm³/mol. The fourth-order valence-corrected chi connectivity index (χ4v) is 6.56. The van der Waals surface area contributed by atoms with Crippen molar-refractivity contribution in [2.45, 2.75) is 49.0 Å². The monoisotopic (exact) mass is 619 g/mol. The summed E-state index contributed by atoms with van der Waals surface area (Å²) in [5, 5.41) is 41.4. The number of nitrogens with zero attached hydrogens (tertiary/aromatic N) is 4. The van der Waals surface area contributed by atoms with Crippen LogP contribution in [0.5, 0.6) is 0 Å². The molecule has 10 unspecified atom stereocenters. The lowest BCUT2D eigenvalue weighted by Crippen LogP contribution is -2.33. The summed E-state index contributed by atoms with van der Waals surface area (Å²) in [5.41, 5.74) is 6.69. The normalized spacial score (nSPS) is 33.1. The molecule has 2 aliphatic heterocycles. The maximum Gasteiger partial charge on any atom is 0.481 e. The van der Waals surface area contributed by atoms with Crippen LogP contribution < -0.4 is 5.73 Å². The van der Waals surface area contributed by atoms with Gasteiger partial charge in [-0.25, -0.2) is 24.1 Å². The summed E-state index contributed by atoms with van der Waals surface area (Å²) in [5.74, 6) is 0.0666. The number of phosphoric ester groups is 2. The number of nitrogen functional groups attached to an aromatic ring is 1. The molecule has 0 saturated carbocycles. The van der Waals surface area contributed by atoms with Crippen LogP contribution in [0.15, 0.2) is 43.0 Å². The van der Waals surface area contributed by atoms with Gasteiger partial charge >= 0.3 is 15.6 Å². The van der Waals surface area contributed by atoms with Gasteiger partial charge in [-0.1, -0.05) is 30.3 Å². The Bertz CT molecular complexity index is 1460. The fourth-order valence-electron chi connectivity index (χ4n) is 4.47. The average molecular weight is 619 g/mol. The van der Waals surface area contributed by atoms with Crippen LogP contribution in [0.25, 0.3) is 11.2 Å². The lowest BCUT2D eigenvalue weighted by Gasteiger charge is -2.20. The van der Waals surface area contributed by atoms with E-state index in [9.17, 15) is 39.3 Å². The molecule has 41 heavy (non-hydrogen) atoms. The summed E-state index contributed by atoms with van der Waals surface area (Å²) in [6.07, 6.45) is -8.54. The molecule has 10 atom stereocenters. The first-order valence-corrected chi connectivity index (χ1v) is 15.0. The van der Waals surface area contributed by atoms with Crippen LogP contribution in [0.4, 0.5) is 5.82 Å². The fraction of sp³-hybridized carbons (Fsp3) is 0.476. The Balaban J connectivity index is 1.15. The number of aliphatic hydroxyl groups is 4. The molecule has 0 radical (unpaired) electrons. The van der Waals surface area contributed by atoms with Crippen LogP contribution in [-0.4, -0.2) is 99.6 Å². The SMILES string of the molecule is Nc1ncnc2c1ncn2C1OC(COP(=O)(O)OP(=O)(O)OCC2OC(c3ccccc3)C(O)C2O)C(O)C1O. The van der Waals surface area contributed by atoms with E-state index in [2.05, 4.69) is 19.3 Å². The second kappa shape index (κ2) is 11.7. The van der Waals surface area contributed by atoms with Gasteiger partial charge in [0.05, 0.1) is 19.5 Å². The molecule has 3 aromatic rings. The molecule has 2 aliphatic rings. The van der Waals surface area contributed by atoms with Gasteiger partial charge in [0.15, 0.2) is 17.7 Å². The largest absolute Gasteiger partial charge is 0.481 e. The summed E-state index contributed by atoms with van der Waals surface area (Å²) >= 11 is 0.